The van der Waals surface area contributed by atoms with Gasteiger partial charge in [0.25, 0.3) is 0 Å². The summed E-state index contributed by atoms with van der Waals surface area (Å²) in [5.74, 6) is -3.06. The van der Waals surface area contributed by atoms with E-state index in [1.165, 1.54) is 20.8 Å². The number of esters is 1. The van der Waals surface area contributed by atoms with E-state index in [0.717, 1.165) is 0 Å². The second kappa shape index (κ2) is 6.78. The first kappa shape index (κ1) is 18.2. The van der Waals surface area contributed by atoms with Gasteiger partial charge < -0.3 is 30.7 Å². The Hall–Kier alpha value is -2.13. The van der Waals surface area contributed by atoms with Crippen LogP contribution in [0.1, 0.15) is 27.2 Å². The maximum Gasteiger partial charge on any atom is 0.338 e. The molecule has 134 valence electrons. The number of nitrogens with one attached hydrogen (secondary N) is 2. The van der Waals surface area contributed by atoms with Crippen molar-refractivity contribution in [3.8, 4) is 0 Å². The lowest BCUT2D eigenvalue weighted by Crippen LogP contribution is -2.62. The molecule has 0 aromatic rings. The minimum atomic E-state index is -1.34. The summed E-state index contributed by atoms with van der Waals surface area (Å²) in [7, 11) is 0. The van der Waals surface area contributed by atoms with Gasteiger partial charge in [0.2, 0.25) is 11.8 Å². The Bertz CT molecular complexity index is 588. The van der Waals surface area contributed by atoms with Crippen LogP contribution >= 0.6 is 0 Å². The zero-order chi connectivity index (χ0) is 18.2. The number of ether oxygens (including phenoxy) is 1. The third kappa shape index (κ3) is 3.36. The van der Waals surface area contributed by atoms with Crippen molar-refractivity contribution in [3.05, 3.63) is 11.3 Å². The molecule has 5 N–H and O–H groups in total. The predicted molar refractivity (Wildman–Crippen MR) is 80.5 cm³/mol. The standard InChI is InChI=1S/C15H22N2O7/c1-5(16-7(3)18)14(22)17-12-6(2)24-15(23)10-8(19)4-9(20)13(21)11(10)12/h5-6,9,11-13,19-21H,4H2,1-3H3,(H,16,18)(H,17,22)/t5-,6-,9-,11-,12-,13-/m1/s1. The summed E-state index contributed by atoms with van der Waals surface area (Å²) < 4.78 is 5.13. The number of hydrogen-bond acceptors (Lipinski definition) is 7. The third-order valence-corrected chi connectivity index (χ3v) is 4.34. The average Bonchev–Trinajstić information content (AvgIpc) is 2.46. The maximum absolute atomic E-state index is 12.2. The maximum atomic E-state index is 12.2. The summed E-state index contributed by atoms with van der Waals surface area (Å²) >= 11 is 0. The number of cyclic esters (lactones) is 1. The van der Waals surface area contributed by atoms with Gasteiger partial charge in [0.15, 0.2) is 0 Å². The van der Waals surface area contributed by atoms with Crippen LogP contribution < -0.4 is 10.6 Å². The molecule has 9 heteroatoms. The molecule has 2 rings (SSSR count). The topological polar surface area (TPSA) is 145 Å². The molecule has 24 heavy (non-hydrogen) atoms. The minimum Gasteiger partial charge on any atom is -0.512 e. The highest BCUT2D eigenvalue weighted by atomic mass is 16.5. The van der Waals surface area contributed by atoms with Gasteiger partial charge in [0.1, 0.15) is 17.9 Å². The van der Waals surface area contributed by atoms with Gasteiger partial charge in [0, 0.05) is 19.3 Å². The van der Waals surface area contributed by atoms with E-state index in [1.807, 2.05) is 0 Å². The van der Waals surface area contributed by atoms with E-state index >= 15 is 0 Å². The normalized spacial score (nSPS) is 34.0. The monoisotopic (exact) mass is 342 g/mol. The van der Waals surface area contributed by atoms with Gasteiger partial charge in [0.05, 0.1) is 23.8 Å². The Morgan fingerprint density at radius 1 is 1.33 bits per heavy atom. The van der Waals surface area contributed by atoms with Gasteiger partial charge in [-0.3, -0.25) is 9.59 Å². The first-order valence-corrected chi connectivity index (χ1v) is 7.70. The average molecular weight is 342 g/mol. The number of hydrogen-bond donors (Lipinski definition) is 5. The molecule has 1 fully saturated rings. The molecule has 1 aliphatic heterocycles. The van der Waals surface area contributed by atoms with Crippen molar-refractivity contribution in [2.45, 2.75) is 57.6 Å². The molecule has 0 radical (unpaired) electrons. The molecular formula is C15H22N2O7. The van der Waals surface area contributed by atoms with Crippen LogP contribution in [0.15, 0.2) is 11.3 Å². The molecule has 0 unspecified atom stereocenters. The fourth-order valence-electron chi connectivity index (χ4n) is 3.14. The van der Waals surface area contributed by atoms with E-state index in [9.17, 15) is 29.7 Å². The van der Waals surface area contributed by atoms with Crippen molar-refractivity contribution < 1.29 is 34.4 Å². The molecule has 0 aromatic heterocycles. The number of rotatable bonds is 3. The van der Waals surface area contributed by atoms with E-state index < -0.39 is 48.2 Å². The molecule has 1 saturated heterocycles. The van der Waals surface area contributed by atoms with Gasteiger partial charge in [-0.15, -0.1) is 0 Å². The zero-order valence-corrected chi connectivity index (χ0v) is 13.6. The van der Waals surface area contributed by atoms with Crippen molar-refractivity contribution in [2.24, 2.45) is 5.92 Å². The Balaban J connectivity index is 2.27. The molecule has 2 aliphatic rings. The lowest BCUT2D eigenvalue weighted by atomic mass is 9.74. The fraction of sp³-hybridized carbons (Fsp3) is 0.667. The van der Waals surface area contributed by atoms with Crippen molar-refractivity contribution in [3.63, 3.8) is 0 Å². The van der Waals surface area contributed by atoms with Crippen LogP contribution in [0.2, 0.25) is 0 Å². The van der Waals surface area contributed by atoms with Gasteiger partial charge in [-0.2, -0.15) is 0 Å². The Morgan fingerprint density at radius 3 is 2.54 bits per heavy atom. The van der Waals surface area contributed by atoms with Crippen molar-refractivity contribution in [1.29, 1.82) is 0 Å². The summed E-state index contributed by atoms with van der Waals surface area (Å²) in [6, 6.07) is -1.69. The van der Waals surface area contributed by atoms with Crippen LogP contribution in [-0.2, 0) is 19.1 Å². The van der Waals surface area contributed by atoms with Crippen LogP contribution in [-0.4, -0.2) is 63.5 Å². The summed E-state index contributed by atoms with van der Waals surface area (Å²) in [6.45, 7) is 4.29. The Morgan fingerprint density at radius 2 is 1.96 bits per heavy atom. The van der Waals surface area contributed by atoms with Gasteiger partial charge >= 0.3 is 5.97 Å². The van der Waals surface area contributed by atoms with Gasteiger partial charge in [-0.1, -0.05) is 0 Å². The molecule has 2 amide bonds. The highest BCUT2D eigenvalue weighted by Crippen LogP contribution is 2.37. The minimum absolute atomic E-state index is 0.136. The molecule has 0 saturated carbocycles. The molecule has 9 nitrogen and oxygen atoms in total. The fourth-order valence-corrected chi connectivity index (χ4v) is 3.14. The summed E-state index contributed by atoms with van der Waals surface area (Å²) in [6.07, 6.45) is -3.65. The molecule has 0 aromatic carbocycles. The van der Waals surface area contributed by atoms with Crippen molar-refractivity contribution in [1.82, 2.24) is 10.6 Å². The lowest BCUT2D eigenvalue weighted by Gasteiger charge is -2.43. The summed E-state index contributed by atoms with van der Waals surface area (Å²) in [5.41, 5.74) is -0.136. The first-order chi connectivity index (χ1) is 11.1. The number of carbonyl (C=O) groups is 3. The summed E-state index contributed by atoms with van der Waals surface area (Å²) in [5, 5.41) is 35.2. The number of amides is 2. The zero-order valence-electron chi connectivity index (χ0n) is 13.6. The highest BCUT2D eigenvalue weighted by Gasteiger charge is 2.51. The number of aliphatic hydroxyl groups excluding tert-OH is 3. The predicted octanol–water partition coefficient (Wildman–Crippen LogP) is -1.51. The van der Waals surface area contributed by atoms with Crippen LogP contribution in [0.5, 0.6) is 0 Å². The SMILES string of the molecule is CC(=O)N[C@H](C)C(=O)N[C@H]1[C@H]2C(=C(O)C[C@@H](O)[C@H]2O)C(=O)O[C@@H]1C. The third-order valence-electron chi connectivity index (χ3n) is 4.34. The lowest BCUT2D eigenvalue weighted by molar-refractivity contribution is -0.159. The Kier molecular flexibility index (Phi) is 5.14. The number of carbonyl (C=O) groups excluding carboxylic acids is 3. The van der Waals surface area contributed by atoms with E-state index in [-0.39, 0.29) is 23.7 Å². The quantitative estimate of drug-likeness (QED) is 0.392. The molecule has 6 atom stereocenters. The van der Waals surface area contributed by atoms with Crippen LogP contribution in [0.4, 0.5) is 0 Å². The number of fused-ring (bicyclic) bond motifs is 1. The molecular weight excluding hydrogens is 320 g/mol. The van der Waals surface area contributed by atoms with E-state index in [4.69, 9.17) is 4.74 Å². The first-order valence-electron chi connectivity index (χ1n) is 7.70. The van der Waals surface area contributed by atoms with E-state index in [0.29, 0.717) is 0 Å². The second-order valence-corrected chi connectivity index (χ2v) is 6.22. The highest BCUT2D eigenvalue weighted by molar-refractivity contribution is 5.92. The molecule has 0 spiro atoms. The van der Waals surface area contributed by atoms with E-state index in [1.54, 1.807) is 0 Å². The smallest absolute Gasteiger partial charge is 0.338 e. The second-order valence-electron chi connectivity index (χ2n) is 6.22. The summed E-state index contributed by atoms with van der Waals surface area (Å²) in [4.78, 5) is 35.3. The molecule has 1 heterocycles. The molecule has 1 aliphatic carbocycles. The number of aliphatic hydroxyl groups is 3. The Labute approximate surface area is 138 Å². The van der Waals surface area contributed by atoms with Crippen molar-refractivity contribution >= 4 is 17.8 Å². The van der Waals surface area contributed by atoms with Gasteiger partial charge in [-0.25, -0.2) is 4.79 Å². The molecule has 0 bridgehead atoms. The van der Waals surface area contributed by atoms with Crippen LogP contribution in [0, 0.1) is 5.92 Å². The van der Waals surface area contributed by atoms with Crippen LogP contribution in [0.3, 0.4) is 0 Å². The van der Waals surface area contributed by atoms with Gasteiger partial charge in [-0.05, 0) is 13.8 Å². The van der Waals surface area contributed by atoms with E-state index in [2.05, 4.69) is 10.6 Å². The largest absolute Gasteiger partial charge is 0.512 e. The van der Waals surface area contributed by atoms with Crippen molar-refractivity contribution in [2.75, 3.05) is 0 Å². The van der Waals surface area contributed by atoms with Crippen LogP contribution in [0.25, 0.3) is 0 Å².